The number of ether oxygens (including phenoxy) is 2. The summed E-state index contributed by atoms with van der Waals surface area (Å²) in [5, 5.41) is 0. The maximum absolute atomic E-state index is 5.65. The van der Waals surface area contributed by atoms with Crippen LogP contribution in [-0.4, -0.2) is 28.8 Å². The molecule has 1 rings (SSSR count). The van der Waals surface area contributed by atoms with E-state index in [0.29, 0.717) is 30.7 Å². The lowest BCUT2D eigenvalue weighted by Crippen LogP contribution is -2.22. The normalized spacial score (nSPS) is 11.5. The van der Waals surface area contributed by atoms with Gasteiger partial charge in [0.2, 0.25) is 5.88 Å². The van der Waals surface area contributed by atoms with Crippen molar-refractivity contribution in [1.82, 2.24) is 9.97 Å². The maximum Gasteiger partial charge on any atom is 0.218 e. The Morgan fingerprint density at radius 3 is 2.53 bits per heavy atom. The van der Waals surface area contributed by atoms with Crippen LogP contribution in [0.1, 0.15) is 33.5 Å². The Morgan fingerprint density at radius 1 is 1.24 bits per heavy atom. The third-order valence-corrected chi connectivity index (χ3v) is 1.95. The lowest BCUT2D eigenvalue weighted by atomic mass is 10.2. The highest BCUT2D eigenvalue weighted by molar-refractivity contribution is 5.32. The fourth-order valence-corrected chi connectivity index (χ4v) is 1.22. The van der Waals surface area contributed by atoms with E-state index in [9.17, 15) is 0 Å². The summed E-state index contributed by atoms with van der Waals surface area (Å²) < 4.78 is 11.0. The number of nitrogens with two attached hydrogens (primary N) is 1. The Morgan fingerprint density at radius 2 is 1.94 bits per heavy atom. The number of rotatable bonds is 5. The summed E-state index contributed by atoms with van der Waals surface area (Å²) in [6, 6.07) is 1.62. The van der Waals surface area contributed by atoms with E-state index in [-0.39, 0.29) is 5.60 Å². The van der Waals surface area contributed by atoms with Crippen LogP contribution in [0.25, 0.3) is 0 Å². The van der Waals surface area contributed by atoms with E-state index < -0.39 is 0 Å². The molecule has 1 aromatic rings. The van der Waals surface area contributed by atoms with Crippen LogP contribution in [0.5, 0.6) is 5.88 Å². The fourth-order valence-electron chi connectivity index (χ4n) is 1.22. The Labute approximate surface area is 102 Å². The van der Waals surface area contributed by atoms with E-state index in [1.807, 2.05) is 27.7 Å². The van der Waals surface area contributed by atoms with Crippen molar-refractivity contribution < 1.29 is 9.47 Å². The van der Waals surface area contributed by atoms with E-state index in [0.717, 1.165) is 6.42 Å². The third-order valence-electron chi connectivity index (χ3n) is 1.95. The van der Waals surface area contributed by atoms with Crippen molar-refractivity contribution in [3.8, 4) is 5.88 Å². The average molecular weight is 239 g/mol. The highest BCUT2D eigenvalue weighted by Gasteiger charge is 2.09. The molecule has 0 aliphatic carbocycles. The molecule has 0 atom stereocenters. The molecule has 0 bridgehead atoms. The van der Waals surface area contributed by atoms with Gasteiger partial charge in [-0.15, -0.1) is 0 Å². The molecule has 1 heterocycles. The molecule has 1 aromatic heterocycles. The van der Waals surface area contributed by atoms with Crippen molar-refractivity contribution in [2.24, 2.45) is 0 Å². The molecular weight excluding hydrogens is 218 g/mol. The fraction of sp³-hybridized carbons (Fsp3) is 0.667. The quantitative estimate of drug-likeness (QED) is 0.793. The first-order valence-corrected chi connectivity index (χ1v) is 5.81. The van der Waals surface area contributed by atoms with Crippen LogP contribution in [0.15, 0.2) is 6.07 Å². The lowest BCUT2D eigenvalue weighted by Gasteiger charge is -2.19. The molecular formula is C12H21N3O2. The van der Waals surface area contributed by atoms with E-state index in [2.05, 4.69) is 9.97 Å². The molecule has 0 aliphatic rings. The first kappa shape index (κ1) is 13.7. The van der Waals surface area contributed by atoms with Gasteiger partial charge in [0, 0.05) is 12.5 Å². The zero-order valence-electron chi connectivity index (χ0n) is 11.0. The molecule has 0 amide bonds. The molecule has 17 heavy (non-hydrogen) atoms. The minimum atomic E-state index is -0.150. The Kier molecular flexibility index (Phi) is 4.69. The van der Waals surface area contributed by atoms with Crippen molar-refractivity contribution in [2.75, 3.05) is 18.9 Å². The maximum atomic E-state index is 5.65. The van der Waals surface area contributed by atoms with Gasteiger partial charge < -0.3 is 15.2 Å². The van der Waals surface area contributed by atoms with Crippen molar-refractivity contribution in [3.63, 3.8) is 0 Å². The van der Waals surface area contributed by atoms with Crippen LogP contribution in [-0.2, 0) is 11.2 Å². The van der Waals surface area contributed by atoms with E-state index >= 15 is 0 Å². The van der Waals surface area contributed by atoms with Gasteiger partial charge in [-0.3, -0.25) is 0 Å². The first-order chi connectivity index (χ1) is 7.90. The van der Waals surface area contributed by atoms with E-state index in [4.69, 9.17) is 15.2 Å². The predicted octanol–water partition coefficient (Wildman–Crippen LogP) is 1.82. The second-order valence-electron chi connectivity index (χ2n) is 4.71. The van der Waals surface area contributed by atoms with Crippen molar-refractivity contribution in [3.05, 3.63) is 11.9 Å². The molecule has 0 fully saturated rings. The van der Waals surface area contributed by atoms with Crippen LogP contribution in [0.2, 0.25) is 0 Å². The van der Waals surface area contributed by atoms with Gasteiger partial charge in [-0.1, -0.05) is 6.92 Å². The van der Waals surface area contributed by atoms with Gasteiger partial charge in [0.1, 0.15) is 18.2 Å². The summed E-state index contributed by atoms with van der Waals surface area (Å²) in [4.78, 5) is 8.29. The predicted molar refractivity (Wildman–Crippen MR) is 67.0 cm³/mol. The summed E-state index contributed by atoms with van der Waals surface area (Å²) in [6.07, 6.45) is 0.736. The van der Waals surface area contributed by atoms with Crippen LogP contribution in [0, 0.1) is 0 Å². The highest BCUT2D eigenvalue weighted by Crippen LogP contribution is 2.12. The van der Waals surface area contributed by atoms with Crippen LogP contribution in [0.3, 0.4) is 0 Å². The van der Waals surface area contributed by atoms with E-state index in [1.165, 1.54) is 0 Å². The zero-order chi connectivity index (χ0) is 12.9. The Balaban J connectivity index is 2.44. The number of nitrogen functional groups attached to an aromatic ring is 1. The van der Waals surface area contributed by atoms with Crippen molar-refractivity contribution >= 4 is 5.82 Å². The molecule has 5 heteroatoms. The summed E-state index contributed by atoms with van der Waals surface area (Å²) in [5.74, 6) is 1.63. The summed E-state index contributed by atoms with van der Waals surface area (Å²) in [6.45, 7) is 8.97. The van der Waals surface area contributed by atoms with Gasteiger partial charge in [0.25, 0.3) is 0 Å². The second-order valence-corrected chi connectivity index (χ2v) is 4.71. The number of aryl methyl sites for hydroxylation is 1. The summed E-state index contributed by atoms with van der Waals surface area (Å²) in [5.41, 5.74) is 5.50. The lowest BCUT2D eigenvalue weighted by molar-refractivity contribution is -0.0168. The van der Waals surface area contributed by atoms with Gasteiger partial charge in [-0.2, -0.15) is 4.98 Å². The minimum Gasteiger partial charge on any atom is -0.475 e. The number of anilines is 1. The van der Waals surface area contributed by atoms with Gasteiger partial charge in [0.15, 0.2) is 0 Å². The minimum absolute atomic E-state index is 0.150. The molecule has 5 nitrogen and oxygen atoms in total. The molecule has 0 unspecified atom stereocenters. The Bertz CT molecular complexity index is 361. The molecule has 96 valence electrons. The number of nitrogens with zero attached hydrogens (tertiary/aromatic N) is 2. The summed E-state index contributed by atoms with van der Waals surface area (Å²) >= 11 is 0. The molecule has 0 saturated heterocycles. The molecule has 0 saturated carbocycles. The number of aromatic nitrogens is 2. The van der Waals surface area contributed by atoms with Gasteiger partial charge in [0.05, 0.1) is 12.2 Å². The standard InChI is InChI=1S/C12H21N3O2/c1-5-10-14-9(13)8-11(15-10)16-6-7-17-12(2,3)4/h8H,5-7H2,1-4H3,(H2,13,14,15). The smallest absolute Gasteiger partial charge is 0.218 e. The zero-order valence-corrected chi connectivity index (χ0v) is 11.0. The molecule has 2 N–H and O–H groups in total. The van der Waals surface area contributed by atoms with E-state index in [1.54, 1.807) is 6.07 Å². The largest absolute Gasteiger partial charge is 0.475 e. The Hall–Kier alpha value is -1.36. The number of hydrogen-bond acceptors (Lipinski definition) is 5. The van der Waals surface area contributed by atoms with Crippen molar-refractivity contribution in [1.29, 1.82) is 0 Å². The topological polar surface area (TPSA) is 70.3 Å². The van der Waals surface area contributed by atoms with Gasteiger partial charge in [-0.05, 0) is 20.8 Å². The second kappa shape index (κ2) is 5.82. The van der Waals surface area contributed by atoms with Crippen LogP contribution in [0.4, 0.5) is 5.82 Å². The number of hydrogen-bond donors (Lipinski definition) is 1. The van der Waals surface area contributed by atoms with Gasteiger partial charge >= 0.3 is 0 Å². The van der Waals surface area contributed by atoms with Crippen LogP contribution < -0.4 is 10.5 Å². The SMILES string of the molecule is CCc1nc(N)cc(OCCOC(C)(C)C)n1. The van der Waals surface area contributed by atoms with Crippen LogP contribution >= 0.6 is 0 Å². The monoisotopic (exact) mass is 239 g/mol. The highest BCUT2D eigenvalue weighted by atomic mass is 16.5. The molecule has 0 spiro atoms. The summed E-state index contributed by atoms with van der Waals surface area (Å²) in [7, 11) is 0. The molecule has 0 aliphatic heterocycles. The van der Waals surface area contributed by atoms with Gasteiger partial charge in [-0.25, -0.2) is 4.98 Å². The average Bonchev–Trinajstić information content (AvgIpc) is 2.22. The third kappa shape index (κ3) is 5.49. The first-order valence-electron chi connectivity index (χ1n) is 5.81. The molecule has 0 aromatic carbocycles. The van der Waals surface area contributed by atoms with Crippen molar-refractivity contribution in [2.45, 2.75) is 39.7 Å². The molecule has 0 radical (unpaired) electrons.